The predicted molar refractivity (Wildman–Crippen MR) is 239 cm³/mol. The van der Waals surface area contributed by atoms with Crippen LogP contribution >= 0.6 is 0 Å². The summed E-state index contributed by atoms with van der Waals surface area (Å²) in [6, 6.07) is 74.4. The molecule has 0 bridgehead atoms. The highest BCUT2D eigenvalue weighted by atomic mass is 28.3. The molecule has 1 aliphatic heterocycles. The lowest BCUT2D eigenvalue weighted by atomic mass is 9.96. The summed E-state index contributed by atoms with van der Waals surface area (Å²) < 4.78 is 0. The van der Waals surface area contributed by atoms with Crippen LogP contribution in [0.15, 0.2) is 206 Å². The first-order chi connectivity index (χ1) is 27.1. The Hall–Kier alpha value is -6.68. The van der Waals surface area contributed by atoms with Crippen LogP contribution in [-0.4, -0.2) is 8.07 Å². The zero-order chi connectivity index (χ0) is 37.2. The van der Waals surface area contributed by atoms with E-state index >= 15 is 0 Å². The Morgan fingerprint density at radius 2 is 0.582 bits per heavy atom. The third-order valence-corrected chi connectivity index (χ3v) is 14.5. The van der Waals surface area contributed by atoms with Gasteiger partial charge in [-0.1, -0.05) is 159 Å². The van der Waals surface area contributed by atoms with Crippen molar-refractivity contribution >= 4 is 64.7 Å². The zero-order valence-electron chi connectivity index (χ0n) is 31.2. The summed E-state index contributed by atoms with van der Waals surface area (Å²) in [6.07, 6.45) is 4.76. The van der Waals surface area contributed by atoms with Gasteiger partial charge in [0.1, 0.15) is 8.07 Å². The van der Waals surface area contributed by atoms with Gasteiger partial charge in [-0.05, 0) is 117 Å². The molecule has 0 radical (unpaired) electrons. The summed E-state index contributed by atoms with van der Waals surface area (Å²) in [6.45, 7) is 5.01. The van der Waals surface area contributed by atoms with E-state index in [0.717, 1.165) is 34.1 Å². The lowest BCUT2D eigenvalue weighted by Crippen LogP contribution is -2.54. The molecule has 9 rings (SSSR count). The van der Waals surface area contributed by atoms with Crippen LogP contribution in [0.1, 0.15) is 11.1 Å². The molecule has 264 valence electrons. The molecule has 0 saturated heterocycles. The van der Waals surface area contributed by atoms with Crippen LogP contribution in [0.5, 0.6) is 0 Å². The van der Waals surface area contributed by atoms with Gasteiger partial charge >= 0.3 is 0 Å². The third kappa shape index (κ3) is 6.49. The van der Waals surface area contributed by atoms with Gasteiger partial charge in [-0.15, -0.1) is 0 Å². The molecule has 0 N–H and O–H groups in total. The molecule has 3 heteroatoms. The Morgan fingerprint density at radius 1 is 0.291 bits per heavy atom. The molecule has 0 unspecified atom stereocenters. The van der Waals surface area contributed by atoms with Crippen molar-refractivity contribution in [3.05, 3.63) is 217 Å². The minimum atomic E-state index is -2.12. The monoisotopic (exact) mass is 722 g/mol. The van der Waals surface area contributed by atoms with Crippen molar-refractivity contribution in [3.8, 4) is 22.3 Å². The maximum absolute atomic E-state index is 2.51. The van der Waals surface area contributed by atoms with Crippen molar-refractivity contribution < 1.29 is 0 Å². The largest absolute Gasteiger partial charge is 0.311 e. The van der Waals surface area contributed by atoms with Gasteiger partial charge in [0, 0.05) is 34.1 Å². The standard InChI is InChI=1S/C52H42N2Si/c1-55(2)51-27-15-25-47(39-29-33-45(34-30-39)53(41-17-7-3-8-18-41)42-19-9-4-10-20-42)49(51)37-38-50-48(26-16-28-52(50)55)40-31-35-46(36-32-40)54(43-21-11-5-12-22-43)44-23-13-6-14-24-44/h3-38H,1-2H3. The van der Waals surface area contributed by atoms with Gasteiger partial charge in [0.2, 0.25) is 0 Å². The van der Waals surface area contributed by atoms with Gasteiger partial charge in [0.25, 0.3) is 0 Å². The number of fused-ring (bicyclic) bond motifs is 2. The quantitative estimate of drug-likeness (QED) is 0.144. The van der Waals surface area contributed by atoms with Gasteiger partial charge in [-0.2, -0.15) is 0 Å². The molecule has 0 fully saturated rings. The van der Waals surface area contributed by atoms with E-state index in [1.165, 1.54) is 43.8 Å². The Bertz CT molecular complexity index is 2320. The molecule has 0 aliphatic carbocycles. The molecule has 0 atom stereocenters. The number of hydrogen-bond donors (Lipinski definition) is 0. The fourth-order valence-electron chi connectivity index (χ4n) is 8.18. The molecule has 1 aliphatic rings. The van der Waals surface area contributed by atoms with Gasteiger partial charge in [-0.25, -0.2) is 0 Å². The molecular weight excluding hydrogens is 681 g/mol. The number of anilines is 6. The van der Waals surface area contributed by atoms with Gasteiger partial charge in [0.05, 0.1) is 0 Å². The summed E-state index contributed by atoms with van der Waals surface area (Å²) in [5.74, 6) is 0. The van der Waals surface area contributed by atoms with E-state index in [0.29, 0.717) is 0 Å². The SMILES string of the molecule is C[Si]1(C)c2cccc(-c3ccc(N(c4ccccc4)c4ccccc4)cc3)c2C=Cc2c(-c3ccc(N(c4ccccc4)c4ccccc4)cc3)cccc21. The van der Waals surface area contributed by atoms with Crippen molar-refractivity contribution in [1.29, 1.82) is 0 Å². The van der Waals surface area contributed by atoms with Gasteiger partial charge in [0.15, 0.2) is 0 Å². The fourth-order valence-corrected chi connectivity index (χ4v) is 11.3. The molecule has 0 amide bonds. The van der Waals surface area contributed by atoms with Crippen LogP contribution in [-0.2, 0) is 0 Å². The number of para-hydroxylation sites is 4. The van der Waals surface area contributed by atoms with Crippen molar-refractivity contribution in [2.45, 2.75) is 13.1 Å². The van der Waals surface area contributed by atoms with Crippen molar-refractivity contribution in [2.24, 2.45) is 0 Å². The lowest BCUT2D eigenvalue weighted by molar-refractivity contribution is 1.28. The molecule has 8 aromatic rings. The molecule has 8 aromatic carbocycles. The molecule has 0 spiro atoms. The predicted octanol–water partition coefficient (Wildman–Crippen LogP) is 13.3. The third-order valence-electron chi connectivity index (χ3n) is 10.9. The minimum absolute atomic E-state index is 1.13. The number of nitrogens with zero attached hydrogens (tertiary/aromatic N) is 2. The summed E-state index contributed by atoms with van der Waals surface area (Å²) in [7, 11) is -2.12. The van der Waals surface area contributed by atoms with Gasteiger partial charge < -0.3 is 9.80 Å². The second kappa shape index (κ2) is 14.6. The van der Waals surface area contributed by atoms with E-state index in [1.54, 1.807) is 0 Å². The Labute approximate surface area is 325 Å². The fraction of sp³-hybridized carbons (Fsp3) is 0.0385. The topological polar surface area (TPSA) is 6.48 Å². The van der Waals surface area contributed by atoms with E-state index in [9.17, 15) is 0 Å². The Morgan fingerprint density at radius 3 is 0.891 bits per heavy atom. The van der Waals surface area contributed by atoms with Crippen LogP contribution in [0.25, 0.3) is 34.4 Å². The average molecular weight is 723 g/mol. The summed E-state index contributed by atoms with van der Waals surface area (Å²) >= 11 is 0. The van der Waals surface area contributed by atoms with Crippen LogP contribution in [0, 0.1) is 0 Å². The van der Waals surface area contributed by atoms with E-state index in [4.69, 9.17) is 0 Å². The minimum Gasteiger partial charge on any atom is -0.311 e. The van der Waals surface area contributed by atoms with E-state index < -0.39 is 8.07 Å². The molecule has 1 heterocycles. The second-order valence-electron chi connectivity index (χ2n) is 14.6. The summed E-state index contributed by atoms with van der Waals surface area (Å²) in [4.78, 5) is 4.63. The first-order valence-electron chi connectivity index (χ1n) is 19.0. The first-order valence-corrected chi connectivity index (χ1v) is 22.0. The first kappa shape index (κ1) is 34.1. The Balaban J connectivity index is 1.08. The van der Waals surface area contributed by atoms with E-state index in [-0.39, 0.29) is 0 Å². The van der Waals surface area contributed by atoms with Crippen LogP contribution < -0.4 is 20.2 Å². The van der Waals surface area contributed by atoms with Crippen LogP contribution in [0.4, 0.5) is 34.1 Å². The molecule has 0 saturated carbocycles. The second-order valence-corrected chi connectivity index (χ2v) is 18.9. The van der Waals surface area contributed by atoms with Crippen LogP contribution in [0.3, 0.4) is 0 Å². The zero-order valence-corrected chi connectivity index (χ0v) is 32.2. The lowest BCUT2D eigenvalue weighted by Gasteiger charge is -2.28. The molecule has 0 aromatic heterocycles. The summed E-state index contributed by atoms with van der Waals surface area (Å²) in [5, 5.41) is 2.93. The number of benzene rings is 8. The molecule has 55 heavy (non-hydrogen) atoms. The normalized spacial score (nSPS) is 12.6. The highest BCUT2D eigenvalue weighted by Crippen LogP contribution is 2.39. The maximum Gasteiger partial charge on any atom is 0.113 e. The smallest absolute Gasteiger partial charge is 0.113 e. The van der Waals surface area contributed by atoms with Gasteiger partial charge in [-0.3, -0.25) is 0 Å². The van der Waals surface area contributed by atoms with Crippen LogP contribution in [0.2, 0.25) is 13.1 Å². The van der Waals surface area contributed by atoms with E-state index in [1.807, 2.05) is 0 Å². The number of hydrogen-bond acceptors (Lipinski definition) is 2. The summed E-state index contributed by atoms with van der Waals surface area (Å²) in [5.41, 5.74) is 14.5. The highest BCUT2D eigenvalue weighted by Gasteiger charge is 2.33. The Kier molecular flexibility index (Phi) is 9.07. The van der Waals surface area contributed by atoms with Crippen molar-refractivity contribution in [3.63, 3.8) is 0 Å². The molecular formula is C52H42N2Si. The van der Waals surface area contributed by atoms with E-state index in [2.05, 4.69) is 241 Å². The number of rotatable bonds is 8. The van der Waals surface area contributed by atoms with Crippen molar-refractivity contribution in [1.82, 2.24) is 0 Å². The highest BCUT2D eigenvalue weighted by molar-refractivity contribution is 7.01. The average Bonchev–Trinajstić information content (AvgIpc) is 3.36. The maximum atomic E-state index is 2.51. The van der Waals surface area contributed by atoms with Crippen molar-refractivity contribution in [2.75, 3.05) is 9.80 Å². The molecule has 2 nitrogen and oxygen atoms in total.